The van der Waals surface area contributed by atoms with Crippen molar-refractivity contribution in [3.8, 4) is 0 Å². The molecule has 3 rings (SSSR count). The lowest BCUT2D eigenvalue weighted by Crippen LogP contribution is -2.24. The lowest BCUT2D eigenvalue weighted by atomic mass is 10.2. The van der Waals surface area contributed by atoms with Crippen LogP contribution in [0.3, 0.4) is 0 Å². The third kappa shape index (κ3) is 4.46. The van der Waals surface area contributed by atoms with Crippen molar-refractivity contribution in [2.24, 2.45) is 0 Å². The molecule has 0 saturated carbocycles. The van der Waals surface area contributed by atoms with Crippen LogP contribution < -0.4 is 10.0 Å². The van der Waals surface area contributed by atoms with Gasteiger partial charge in [0.2, 0.25) is 5.91 Å². The summed E-state index contributed by atoms with van der Waals surface area (Å²) in [6.45, 7) is 3.44. The van der Waals surface area contributed by atoms with Gasteiger partial charge in [-0.15, -0.1) is 11.3 Å². The number of sulfonamides is 1. The predicted octanol–water partition coefficient (Wildman–Crippen LogP) is 3.30. The maximum Gasteiger partial charge on any atom is 0.263 e. The Bertz CT molecular complexity index is 1030. The van der Waals surface area contributed by atoms with E-state index < -0.39 is 16.1 Å². The zero-order valence-corrected chi connectivity index (χ0v) is 16.8. The first-order valence-electron chi connectivity index (χ1n) is 7.81. The molecule has 11 heteroatoms. The van der Waals surface area contributed by atoms with Gasteiger partial charge in [0, 0.05) is 23.5 Å². The smallest absolute Gasteiger partial charge is 0.263 e. The molecule has 0 spiro atoms. The van der Waals surface area contributed by atoms with Crippen LogP contribution in [-0.4, -0.2) is 29.1 Å². The summed E-state index contributed by atoms with van der Waals surface area (Å²) in [6, 6.07) is 5.27. The number of nitrogens with one attached hydrogen (secondary N) is 2. The van der Waals surface area contributed by atoms with Crippen molar-refractivity contribution in [2.75, 3.05) is 10.0 Å². The number of carbonyl (C=O) groups excluding carboxylic acids is 1. The van der Waals surface area contributed by atoms with Gasteiger partial charge in [0.25, 0.3) is 10.0 Å². The molecule has 0 bridgehead atoms. The second kappa shape index (κ2) is 7.67. The minimum Gasteiger partial charge on any atom is -0.324 e. The summed E-state index contributed by atoms with van der Waals surface area (Å²) in [4.78, 5) is 16.3. The summed E-state index contributed by atoms with van der Waals surface area (Å²) < 4.78 is 28.5. The topological polar surface area (TPSA) is 106 Å². The van der Waals surface area contributed by atoms with E-state index in [0.29, 0.717) is 16.4 Å². The first kappa shape index (κ1) is 19.3. The molecule has 0 aliphatic carbocycles. The highest BCUT2D eigenvalue weighted by molar-refractivity contribution is 7.93. The number of anilines is 2. The van der Waals surface area contributed by atoms with Gasteiger partial charge in [0.15, 0.2) is 5.13 Å². The number of nitrogens with zero attached hydrogens (tertiary/aromatic N) is 3. The van der Waals surface area contributed by atoms with Crippen LogP contribution in [0.2, 0.25) is 5.02 Å². The zero-order chi connectivity index (χ0) is 19.6. The fourth-order valence-electron chi connectivity index (χ4n) is 2.19. The molecule has 3 aromatic rings. The third-order valence-electron chi connectivity index (χ3n) is 3.72. The largest absolute Gasteiger partial charge is 0.324 e. The van der Waals surface area contributed by atoms with Crippen LogP contribution in [0.4, 0.5) is 10.8 Å². The van der Waals surface area contributed by atoms with E-state index in [4.69, 9.17) is 11.6 Å². The molecule has 2 heterocycles. The molecular formula is C16H16ClN5O3S2. The fraction of sp³-hybridized carbons (Fsp3) is 0.188. The Labute approximate surface area is 165 Å². The number of thiazole rings is 1. The van der Waals surface area contributed by atoms with Crippen molar-refractivity contribution in [2.45, 2.75) is 24.8 Å². The summed E-state index contributed by atoms with van der Waals surface area (Å²) in [7, 11) is -3.73. The first-order valence-corrected chi connectivity index (χ1v) is 10.5. The number of benzene rings is 1. The molecule has 0 fully saturated rings. The third-order valence-corrected chi connectivity index (χ3v) is 6.26. The normalized spacial score (nSPS) is 12.6. The van der Waals surface area contributed by atoms with Crippen LogP contribution in [-0.2, 0) is 14.8 Å². The first-order chi connectivity index (χ1) is 12.8. The van der Waals surface area contributed by atoms with Gasteiger partial charge in [-0.2, -0.15) is 5.10 Å². The van der Waals surface area contributed by atoms with Gasteiger partial charge in [0.05, 0.1) is 15.6 Å². The van der Waals surface area contributed by atoms with E-state index in [-0.39, 0.29) is 15.9 Å². The molecule has 1 aromatic carbocycles. The van der Waals surface area contributed by atoms with E-state index in [1.54, 1.807) is 25.4 Å². The quantitative estimate of drug-likeness (QED) is 0.630. The second-order valence-electron chi connectivity index (χ2n) is 5.67. The Kier molecular flexibility index (Phi) is 5.49. The average molecular weight is 426 g/mol. The minimum absolute atomic E-state index is 0.0678. The molecule has 0 radical (unpaired) electrons. The average Bonchev–Trinajstić information content (AvgIpc) is 3.24. The molecular weight excluding hydrogens is 410 g/mol. The standard InChI is InChI=1S/C16H16ClN5O3S2/c1-10-14(17)9-22(20-10)11(2)15(23)19-12-3-5-13(6-4-12)27(24,25)21-16-18-7-8-26-16/h3-9,11H,1-2H3,(H,18,21)(H,19,23). The van der Waals surface area contributed by atoms with E-state index in [1.165, 1.54) is 46.5 Å². The monoisotopic (exact) mass is 425 g/mol. The van der Waals surface area contributed by atoms with Crippen LogP contribution in [0.5, 0.6) is 0 Å². The van der Waals surface area contributed by atoms with Gasteiger partial charge in [0.1, 0.15) is 6.04 Å². The molecule has 2 aromatic heterocycles. The van der Waals surface area contributed by atoms with Gasteiger partial charge < -0.3 is 5.32 Å². The molecule has 1 amide bonds. The Balaban J connectivity index is 1.69. The van der Waals surface area contributed by atoms with Gasteiger partial charge in [-0.05, 0) is 38.1 Å². The van der Waals surface area contributed by atoms with E-state index in [9.17, 15) is 13.2 Å². The van der Waals surface area contributed by atoms with Crippen molar-refractivity contribution in [1.82, 2.24) is 14.8 Å². The molecule has 27 heavy (non-hydrogen) atoms. The summed E-state index contributed by atoms with van der Waals surface area (Å²) in [5.41, 5.74) is 1.11. The number of aryl methyl sites for hydroxylation is 1. The van der Waals surface area contributed by atoms with Crippen LogP contribution in [0.15, 0.2) is 46.9 Å². The van der Waals surface area contributed by atoms with Crippen molar-refractivity contribution in [1.29, 1.82) is 0 Å². The zero-order valence-electron chi connectivity index (χ0n) is 14.4. The fourth-order valence-corrected chi connectivity index (χ4v) is 4.12. The highest BCUT2D eigenvalue weighted by Gasteiger charge is 2.19. The summed E-state index contributed by atoms with van der Waals surface area (Å²) in [6.07, 6.45) is 3.09. The van der Waals surface area contributed by atoms with Crippen LogP contribution in [0, 0.1) is 6.92 Å². The Morgan fingerprint density at radius 1 is 1.30 bits per heavy atom. The van der Waals surface area contributed by atoms with Crippen LogP contribution >= 0.6 is 22.9 Å². The summed E-state index contributed by atoms with van der Waals surface area (Å²) >= 11 is 7.15. The number of halogens is 1. The maximum atomic E-state index is 12.4. The van der Waals surface area contributed by atoms with E-state index in [2.05, 4.69) is 20.1 Å². The van der Waals surface area contributed by atoms with E-state index in [0.717, 1.165) is 0 Å². The van der Waals surface area contributed by atoms with Crippen molar-refractivity contribution in [3.63, 3.8) is 0 Å². The lowest BCUT2D eigenvalue weighted by molar-refractivity contribution is -0.119. The molecule has 142 valence electrons. The second-order valence-corrected chi connectivity index (χ2v) is 8.66. The van der Waals surface area contributed by atoms with E-state index in [1.807, 2.05) is 0 Å². The molecule has 1 atom stereocenters. The summed E-state index contributed by atoms with van der Waals surface area (Å²) in [5, 5.41) is 9.35. The van der Waals surface area contributed by atoms with Crippen LogP contribution in [0.25, 0.3) is 0 Å². The minimum atomic E-state index is -3.73. The van der Waals surface area contributed by atoms with Gasteiger partial charge >= 0.3 is 0 Å². The SMILES string of the molecule is Cc1nn(C(C)C(=O)Nc2ccc(S(=O)(=O)Nc3nccs3)cc2)cc1Cl. The number of carbonyl (C=O) groups is 1. The van der Waals surface area contributed by atoms with E-state index >= 15 is 0 Å². The molecule has 1 unspecified atom stereocenters. The van der Waals surface area contributed by atoms with Gasteiger partial charge in [-0.25, -0.2) is 13.4 Å². The number of amides is 1. The van der Waals surface area contributed by atoms with Crippen molar-refractivity contribution < 1.29 is 13.2 Å². The lowest BCUT2D eigenvalue weighted by Gasteiger charge is -2.13. The molecule has 0 aliphatic rings. The Morgan fingerprint density at radius 2 is 2.00 bits per heavy atom. The van der Waals surface area contributed by atoms with Crippen molar-refractivity contribution in [3.05, 3.63) is 52.8 Å². The summed E-state index contributed by atoms with van der Waals surface area (Å²) in [5.74, 6) is -0.300. The highest BCUT2D eigenvalue weighted by atomic mass is 35.5. The number of hydrogen-bond acceptors (Lipinski definition) is 6. The van der Waals surface area contributed by atoms with Crippen molar-refractivity contribution >= 4 is 49.7 Å². The Hall–Kier alpha value is -2.43. The van der Waals surface area contributed by atoms with Crippen LogP contribution in [0.1, 0.15) is 18.7 Å². The maximum absolute atomic E-state index is 12.4. The number of rotatable bonds is 6. The molecule has 0 saturated heterocycles. The molecule has 2 N–H and O–H groups in total. The highest BCUT2D eigenvalue weighted by Crippen LogP contribution is 2.21. The molecule has 0 aliphatic heterocycles. The number of aromatic nitrogens is 3. The predicted molar refractivity (Wildman–Crippen MR) is 105 cm³/mol. The van der Waals surface area contributed by atoms with Gasteiger partial charge in [-0.3, -0.25) is 14.2 Å². The van der Waals surface area contributed by atoms with Gasteiger partial charge in [-0.1, -0.05) is 11.6 Å². The Morgan fingerprint density at radius 3 is 2.56 bits per heavy atom. The number of hydrogen-bond donors (Lipinski definition) is 2. The molecule has 8 nitrogen and oxygen atoms in total.